The van der Waals surface area contributed by atoms with Gasteiger partial charge in [-0.3, -0.25) is 4.79 Å². The lowest BCUT2D eigenvalue weighted by Crippen LogP contribution is -3.14. The minimum atomic E-state index is 0.0350. The van der Waals surface area contributed by atoms with Crippen LogP contribution >= 0.6 is 0 Å². The number of morpholine rings is 1. The maximum Gasteiger partial charge on any atom is 0.251 e. The summed E-state index contributed by atoms with van der Waals surface area (Å²) >= 11 is 0. The van der Waals surface area contributed by atoms with Crippen molar-refractivity contribution in [1.29, 1.82) is 0 Å². The Morgan fingerprint density at radius 3 is 2.48 bits per heavy atom. The molecule has 154 valence electrons. The molecule has 2 heterocycles. The fourth-order valence-corrected chi connectivity index (χ4v) is 4.41. The zero-order valence-electron chi connectivity index (χ0n) is 17.2. The van der Waals surface area contributed by atoms with Gasteiger partial charge in [-0.15, -0.1) is 0 Å². The van der Waals surface area contributed by atoms with Crippen LogP contribution in [0.15, 0.2) is 48.5 Å². The van der Waals surface area contributed by atoms with Gasteiger partial charge in [0.05, 0.1) is 26.3 Å². The molecule has 0 saturated carbocycles. The van der Waals surface area contributed by atoms with Gasteiger partial charge >= 0.3 is 0 Å². The van der Waals surface area contributed by atoms with Gasteiger partial charge in [0, 0.05) is 36.1 Å². The average molecular weight is 396 g/mol. The zero-order valence-corrected chi connectivity index (χ0v) is 17.2. The fourth-order valence-electron chi connectivity index (χ4n) is 4.41. The number of carbonyl (C=O) groups excluding carboxylic acids is 1. The third-order valence-corrected chi connectivity index (χ3v) is 6.17. The van der Waals surface area contributed by atoms with E-state index in [1.54, 1.807) is 9.80 Å². The van der Waals surface area contributed by atoms with Crippen molar-refractivity contribution < 1.29 is 19.3 Å². The molecule has 29 heavy (non-hydrogen) atoms. The number of amides is 1. The number of rotatable bonds is 7. The van der Waals surface area contributed by atoms with Gasteiger partial charge in [-0.2, -0.15) is 0 Å². The molecule has 1 unspecified atom stereocenters. The molecule has 1 fully saturated rings. The Hall–Kier alpha value is -2.21. The van der Waals surface area contributed by atoms with Crippen LogP contribution in [0.1, 0.15) is 33.5 Å². The third kappa shape index (κ3) is 5.66. The SMILES string of the molecule is O=C(NCCC[NH+]1CCOCC1)c1ccc(C[NH+]2CCc3ccccc3C2)cc1. The Kier molecular flexibility index (Phi) is 6.93. The van der Waals surface area contributed by atoms with Crippen LogP contribution in [0.3, 0.4) is 0 Å². The predicted molar refractivity (Wildman–Crippen MR) is 113 cm³/mol. The first-order valence-electron chi connectivity index (χ1n) is 11.0. The quantitative estimate of drug-likeness (QED) is 0.572. The van der Waals surface area contributed by atoms with Crippen LogP contribution in [-0.2, 0) is 24.2 Å². The highest BCUT2D eigenvalue weighted by Crippen LogP contribution is 2.11. The Morgan fingerprint density at radius 1 is 0.931 bits per heavy atom. The number of hydrogen-bond donors (Lipinski definition) is 3. The van der Waals surface area contributed by atoms with E-state index in [9.17, 15) is 4.79 Å². The summed E-state index contributed by atoms with van der Waals surface area (Å²) in [5.74, 6) is 0.0350. The second kappa shape index (κ2) is 10.0. The lowest BCUT2D eigenvalue weighted by atomic mass is 9.99. The van der Waals surface area contributed by atoms with Crippen molar-refractivity contribution in [3.8, 4) is 0 Å². The van der Waals surface area contributed by atoms with Crippen molar-refractivity contribution in [3.63, 3.8) is 0 Å². The van der Waals surface area contributed by atoms with Gasteiger partial charge in [0.25, 0.3) is 5.91 Å². The minimum Gasteiger partial charge on any atom is -0.370 e. The highest BCUT2D eigenvalue weighted by atomic mass is 16.5. The Bertz CT molecular complexity index is 800. The molecule has 1 amide bonds. The van der Waals surface area contributed by atoms with Crippen LogP contribution in [0.2, 0.25) is 0 Å². The number of carbonyl (C=O) groups is 1. The molecule has 2 aliphatic rings. The van der Waals surface area contributed by atoms with E-state index in [1.807, 2.05) is 12.1 Å². The summed E-state index contributed by atoms with van der Waals surface area (Å²) in [4.78, 5) is 15.6. The van der Waals surface area contributed by atoms with Crippen molar-refractivity contribution in [2.75, 3.05) is 45.9 Å². The molecule has 4 rings (SSSR count). The summed E-state index contributed by atoms with van der Waals surface area (Å²) < 4.78 is 5.38. The molecule has 0 aromatic heterocycles. The van der Waals surface area contributed by atoms with Crippen LogP contribution in [0.4, 0.5) is 0 Å². The third-order valence-electron chi connectivity index (χ3n) is 6.17. The van der Waals surface area contributed by atoms with E-state index < -0.39 is 0 Å². The molecule has 2 aromatic rings. The van der Waals surface area contributed by atoms with E-state index in [2.05, 4.69) is 41.7 Å². The van der Waals surface area contributed by atoms with Crippen LogP contribution in [-0.4, -0.2) is 51.8 Å². The van der Waals surface area contributed by atoms with Crippen molar-refractivity contribution in [2.24, 2.45) is 0 Å². The summed E-state index contributed by atoms with van der Waals surface area (Å²) in [5.41, 5.74) is 5.03. The van der Waals surface area contributed by atoms with Crippen molar-refractivity contribution in [3.05, 3.63) is 70.8 Å². The monoisotopic (exact) mass is 395 g/mol. The summed E-state index contributed by atoms with van der Waals surface area (Å²) in [7, 11) is 0. The van der Waals surface area contributed by atoms with Gasteiger partial charge in [0.1, 0.15) is 26.2 Å². The predicted octanol–water partition coefficient (Wildman–Crippen LogP) is -0.137. The summed E-state index contributed by atoms with van der Waals surface area (Å²) in [6.07, 6.45) is 2.16. The fraction of sp³-hybridized carbons (Fsp3) is 0.458. The molecule has 5 heteroatoms. The molecule has 3 N–H and O–H groups in total. The Morgan fingerprint density at radius 2 is 1.69 bits per heavy atom. The molecule has 2 aromatic carbocycles. The van der Waals surface area contributed by atoms with E-state index in [0.717, 1.165) is 70.9 Å². The normalized spacial score (nSPS) is 19.5. The molecular weight excluding hydrogens is 362 g/mol. The molecule has 1 atom stereocenters. The van der Waals surface area contributed by atoms with Crippen LogP contribution < -0.4 is 15.1 Å². The van der Waals surface area contributed by atoms with Gasteiger partial charge in [-0.25, -0.2) is 0 Å². The summed E-state index contributed by atoms with van der Waals surface area (Å²) in [6, 6.07) is 16.9. The van der Waals surface area contributed by atoms with Gasteiger partial charge in [-0.05, 0) is 17.7 Å². The van der Waals surface area contributed by atoms with Crippen LogP contribution in [0.5, 0.6) is 0 Å². The first-order chi connectivity index (χ1) is 14.3. The van der Waals surface area contributed by atoms with Gasteiger partial charge in [0.15, 0.2) is 0 Å². The molecule has 0 radical (unpaired) electrons. The number of ether oxygens (including phenoxy) is 1. The van der Waals surface area contributed by atoms with Crippen molar-refractivity contribution in [1.82, 2.24) is 5.32 Å². The smallest absolute Gasteiger partial charge is 0.251 e. The Balaban J connectivity index is 1.21. The number of quaternary nitrogens is 2. The maximum atomic E-state index is 12.4. The van der Waals surface area contributed by atoms with Gasteiger partial charge in [0.2, 0.25) is 0 Å². The molecule has 0 bridgehead atoms. The van der Waals surface area contributed by atoms with Crippen molar-refractivity contribution in [2.45, 2.75) is 25.9 Å². The Labute approximate surface area is 173 Å². The standard InChI is InChI=1S/C24H31N3O2/c28-24(25-11-3-12-26-14-16-29-17-15-26)22-8-6-20(7-9-22)18-27-13-10-21-4-1-2-5-23(21)19-27/h1-2,4-9H,3,10-19H2,(H,25,28)/p+2. The molecule has 1 saturated heterocycles. The highest BCUT2D eigenvalue weighted by Gasteiger charge is 2.19. The number of nitrogens with one attached hydrogen (secondary N) is 3. The summed E-state index contributed by atoms with van der Waals surface area (Å²) in [5, 5.41) is 3.06. The maximum absolute atomic E-state index is 12.4. The minimum absolute atomic E-state index is 0.0350. The lowest BCUT2D eigenvalue weighted by Gasteiger charge is -2.26. The lowest BCUT2D eigenvalue weighted by molar-refractivity contribution is -0.929. The van der Waals surface area contributed by atoms with E-state index in [-0.39, 0.29) is 5.91 Å². The number of benzene rings is 2. The second-order valence-electron chi connectivity index (χ2n) is 8.29. The molecule has 2 aliphatic heterocycles. The second-order valence-corrected chi connectivity index (χ2v) is 8.29. The molecule has 0 spiro atoms. The highest BCUT2D eigenvalue weighted by molar-refractivity contribution is 5.94. The van der Waals surface area contributed by atoms with Crippen LogP contribution in [0, 0.1) is 0 Å². The van der Waals surface area contributed by atoms with E-state index in [4.69, 9.17) is 4.74 Å². The molecule has 0 aliphatic carbocycles. The number of hydrogen-bond acceptors (Lipinski definition) is 2. The molecule has 5 nitrogen and oxygen atoms in total. The van der Waals surface area contributed by atoms with Crippen molar-refractivity contribution >= 4 is 5.91 Å². The van der Waals surface area contributed by atoms with Gasteiger partial charge in [-0.1, -0.05) is 36.4 Å². The largest absolute Gasteiger partial charge is 0.370 e. The van der Waals surface area contributed by atoms with E-state index >= 15 is 0 Å². The number of fused-ring (bicyclic) bond motifs is 1. The average Bonchev–Trinajstić information content (AvgIpc) is 2.78. The van der Waals surface area contributed by atoms with Crippen LogP contribution in [0.25, 0.3) is 0 Å². The van der Waals surface area contributed by atoms with E-state index in [0.29, 0.717) is 0 Å². The first-order valence-corrected chi connectivity index (χ1v) is 11.0. The van der Waals surface area contributed by atoms with Gasteiger partial charge < -0.3 is 19.9 Å². The summed E-state index contributed by atoms with van der Waals surface area (Å²) in [6.45, 7) is 9.00. The zero-order chi connectivity index (χ0) is 19.9. The first kappa shape index (κ1) is 20.1. The molecular formula is C24H33N3O2+2. The topological polar surface area (TPSA) is 47.2 Å². The van der Waals surface area contributed by atoms with E-state index in [1.165, 1.54) is 23.2 Å².